The molecule has 0 saturated carbocycles. The van der Waals surface area contributed by atoms with Crippen LogP contribution in [0.4, 0.5) is 13.6 Å². The van der Waals surface area contributed by atoms with E-state index in [1.807, 2.05) is 62.1 Å². The van der Waals surface area contributed by atoms with Crippen molar-refractivity contribution in [1.82, 2.24) is 4.90 Å². The summed E-state index contributed by atoms with van der Waals surface area (Å²) in [5.41, 5.74) is 1.81. The van der Waals surface area contributed by atoms with Gasteiger partial charge in [-0.3, -0.25) is 4.90 Å². The van der Waals surface area contributed by atoms with Gasteiger partial charge in [-0.2, -0.15) is 0 Å². The monoisotopic (exact) mass is 465 g/mol. The third-order valence-corrected chi connectivity index (χ3v) is 9.15. The van der Waals surface area contributed by atoms with Gasteiger partial charge in [0.25, 0.3) is 0 Å². The van der Waals surface area contributed by atoms with E-state index in [-0.39, 0.29) is 35.5 Å². The summed E-state index contributed by atoms with van der Waals surface area (Å²) >= 11 is 0. The standard InChI is InChI=1S/C27H26F2NO2P/c1-27(2,3)32-26(31)30-23-16-24(25(30)22-7-5-4-6-21(22)23)33(19-12-8-17(28)9-13-19)20-14-10-18(29)11-15-20/h4-15,23-25H,16H2,1-3H3/t23-,24+,25-/m1/s1. The van der Waals surface area contributed by atoms with Crippen molar-refractivity contribution < 1.29 is 18.3 Å². The number of fused-ring (bicyclic) bond motifs is 5. The van der Waals surface area contributed by atoms with E-state index in [0.29, 0.717) is 0 Å². The highest BCUT2D eigenvalue weighted by Gasteiger charge is 2.55. The Balaban J connectivity index is 1.61. The van der Waals surface area contributed by atoms with Crippen LogP contribution in [0.1, 0.15) is 50.4 Å². The quantitative estimate of drug-likeness (QED) is 0.431. The fourth-order valence-electron chi connectivity index (χ4n) is 5.11. The molecule has 2 heterocycles. The van der Waals surface area contributed by atoms with Gasteiger partial charge < -0.3 is 4.74 Å². The second kappa shape index (κ2) is 8.22. The average Bonchev–Trinajstić information content (AvgIpc) is 3.30. The molecule has 2 bridgehead atoms. The Labute approximate surface area is 194 Å². The van der Waals surface area contributed by atoms with Crippen LogP contribution in [-0.4, -0.2) is 22.3 Å². The molecule has 0 spiro atoms. The van der Waals surface area contributed by atoms with Crippen LogP contribution in [0.5, 0.6) is 0 Å². The highest BCUT2D eigenvalue weighted by molar-refractivity contribution is 7.73. The molecule has 0 unspecified atom stereocenters. The topological polar surface area (TPSA) is 29.5 Å². The minimum absolute atomic E-state index is 0.0723. The summed E-state index contributed by atoms with van der Waals surface area (Å²) in [6.45, 7) is 5.62. The molecule has 3 atom stereocenters. The van der Waals surface area contributed by atoms with E-state index >= 15 is 0 Å². The normalized spacial score (nSPS) is 21.4. The molecule has 5 rings (SSSR count). The number of amides is 1. The Hall–Kier alpha value is -2.78. The third kappa shape index (κ3) is 4.04. The van der Waals surface area contributed by atoms with Crippen molar-refractivity contribution >= 4 is 24.6 Å². The van der Waals surface area contributed by atoms with Gasteiger partial charge in [-0.25, -0.2) is 13.6 Å². The first-order valence-corrected chi connectivity index (χ1v) is 12.5. The van der Waals surface area contributed by atoms with Gasteiger partial charge >= 0.3 is 6.09 Å². The van der Waals surface area contributed by atoms with Crippen LogP contribution in [-0.2, 0) is 4.74 Å². The molecule has 3 nitrogen and oxygen atoms in total. The van der Waals surface area contributed by atoms with Gasteiger partial charge in [-0.05, 0) is 81.1 Å². The zero-order valence-electron chi connectivity index (χ0n) is 18.8. The van der Waals surface area contributed by atoms with Crippen LogP contribution in [0.25, 0.3) is 0 Å². The first-order chi connectivity index (χ1) is 15.7. The summed E-state index contributed by atoms with van der Waals surface area (Å²) in [5.74, 6) is -0.581. The van der Waals surface area contributed by atoms with Gasteiger partial charge in [0, 0.05) is 5.66 Å². The number of carbonyl (C=O) groups is 1. The van der Waals surface area contributed by atoms with E-state index in [2.05, 4.69) is 12.1 Å². The van der Waals surface area contributed by atoms with Gasteiger partial charge in [0.05, 0.1) is 12.1 Å². The number of hydrogen-bond acceptors (Lipinski definition) is 2. The number of ether oxygens (including phenoxy) is 1. The molecule has 33 heavy (non-hydrogen) atoms. The van der Waals surface area contributed by atoms with Gasteiger partial charge in [-0.15, -0.1) is 0 Å². The summed E-state index contributed by atoms with van der Waals surface area (Å²) < 4.78 is 33.3. The molecule has 0 aromatic heterocycles. The zero-order valence-corrected chi connectivity index (χ0v) is 19.7. The van der Waals surface area contributed by atoms with Crippen molar-refractivity contribution in [2.75, 3.05) is 0 Å². The molecule has 6 heteroatoms. The molecule has 3 aromatic rings. The van der Waals surface area contributed by atoms with Crippen molar-refractivity contribution in [3.8, 4) is 0 Å². The van der Waals surface area contributed by atoms with E-state index in [1.54, 1.807) is 0 Å². The summed E-state index contributed by atoms with van der Waals surface area (Å²) in [4.78, 5) is 15.2. The minimum atomic E-state index is -0.983. The smallest absolute Gasteiger partial charge is 0.411 e. The Morgan fingerprint density at radius 2 is 1.39 bits per heavy atom. The number of benzene rings is 3. The number of nitrogens with zero attached hydrogens (tertiary/aromatic N) is 1. The zero-order chi connectivity index (χ0) is 23.3. The fraction of sp³-hybridized carbons (Fsp3) is 0.296. The number of halogens is 2. The van der Waals surface area contributed by atoms with E-state index in [0.717, 1.165) is 28.2 Å². The van der Waals surface area contributed by atoms with Gasteiger partial charge in [-0.1, -0.05) is 48.5 Å². The lowest BCUT2D eigenvalue weighted by molar-refractivity contribution is 0.0178. The van der Waals surface area contributed by atoms with E-state index in [1.165, 1.54) is 24.3 Å². The van der Waals surface area contributed by atoms with Gasteiger partial charge in [0.2, 0.25) is 0 Å². The van der Waals surface area contributed by atoms with E-state index < -0.39 is 13.5 Å². The predicted octanol–water partition coefficient (Wildman–Crippen LogP) is 6.20. The van der Waals surface area contributed by atoms with Crippen LogP contribution >= 0.6 is 7.92 Å². The molecular weight excluding hydrogens is 439 g/mol. The van der Waals surface area contributed by atoms with E-state index in [4.69, 9.17) is 4.74 Å². The maximum absolute atomic E-state index is 13.7. The lowest BCUT2D eigenvalue weighted by Crippen LogP contribution is -2.36. The van der Waals surface area contributed by atoms with Crippen LogP contribution < -0.4 is 10.6 Å². The van der Waals surface area contributed by atoms with Crippen molar-refractivity contribution in [3.05, 3.63) is 95.6 Å². The lowest BCUT2D eigenvalue weighted by atomic mass is 9.91. The maximum Gasteiger partial charge on any atom is 0.411 e. The molecule has 1 fully saturated rings. The SMILES string of the molecule is CC(C)(C)OC(=O)N1[C@@H]2C[C@H](P(c3ccc(F)cc3)c3ccc(F)cc3)[C@H]1c1ccccc12. The average molecular weight is 465 g/mol. The molecule has 170 valence electrons. The molecule has 0 N–H and O–H groups in total. The van der Waals surface area contributed by atoms with Crippen molar-refractivity contribution in [2.24, 2.45) is 0 Å². The third-order valence-electron chi connectivity index (χ3n) is 6.28. The van der Waals surface area contributed by atoms with Crippen LogP contribution in [0.3, 0.4) is 0 Å². The number of hydrogen-bond donors (Lipinski definition) is 0. The Morgan fingerprint density at radius 3 is 1.91 bits per heavy atom. The number of carbonyl (C=O) groups excluding carboxylic acids is 1. The van der Waals surface area contributed by atoms with Crippen molar-refractivity contribution in [1.29, 1.82) is 0 Å². The molecule has 3 aromatic carbocycles. The summed E-state index contributed by atoms with van der Waals surface area (Å²) in [6.07, 6.45) is 0.464. The maximum atomic E-state index is 13.7. The largest absolute Gasteiger partial charge is 0.444 e. The van der Waals surface area contributed by atoms with Crippen LogP contribution in [0, 0.1) is 11.6 Å². The molecule has 2 aliphatic rings. The molecule has 2 aliphatic heterocycles. The summed E-state index contributed by atoms with van der Waals surface area (Å²) in [6, 6.07) is 21.1. The highest BCUT2D eigenvalue weighted by Crippen LogP contribution is 2.62. The second-order valence-corrected chi connectivity index (χ2v) is 12.0. The molecule has 1 amide bonds. The fourth-order valence-corrected chi connectivity index (χ4v) is 8.11. The highest BCUT2D eigenvalue weighted by atomic mass is 31.1. The molecule has 0 aliphatic carbocycles. The predicted molar refractivity (Wildman–Crippen MR) is 127 cm³/mol. The first kappa shape index (κ1) is 22.0. The summed E-state index contributed by atoms with van der Waals surface area (Å²) in [5, 5.41) is 2.02. The van der Waals surface area contributed by atoms with Crippen LogP contribution in [0.15, 0.2) is 72.8 Å². The Bertz CT molecular complexity index is 1130. The lowest BCUT2D eigenvalue weighted by Gasteiger charge is -2.33. The molecule has 0 radical (unpaired) electrons. The van der Waals surface area contributed by atoms with Gasteiger partial charge in [0.15, 0.2) is 0 Å². The van der Waals surface area contributed by atoms with Gasteiger partial charge in [0.1, 0.15) is 17.2 Å². The minimum Gasteiger partial charge on any atom is -0.444 e. The molecular formula is C27H26F2NO2P. The Morgan fingerprint density at radius 1 is 0.879 bits per heavy atom. The second-order valence-electron chi connectivity index (χ2n) is 9.60. The number of rotatable bonds is 3. The Kier molecular flexibility index (Phi) is 5.49. The van der Waals surface area contributed by atoms with Crippen molar-refractivity contribution in [2.45, 2.75) is 50.5 Å². The van der Waals surface area contributed by atoms with E-state index in [9.17, 15) is 13.6 Å². The molecule has 1 saturated heterocycles. The van der Waals surface area contributed by atoms with Crippen LogP contribution in [0.2, 0.25) is 0 Å². The first-order valence-electron chi connectivity index (χ1n) is 11.1. The van der Waals surface area contributed by atoms with Crippen molar-refractivity contribution in [3.63, 3.8) is 0 Å². The summed E-state index contributed by atoms with van der Waals surface area (Å²) in [7, 11) is -0.983.